The van der Waals surface area contributed by atoms with Crippen molar-refractivity contribution in [3.8, 4) is 0 Å². The molecular formula is C19H26N2O. The molecule has 3 heteroatoms. The van der Waals surface area contributed by atoms with E-state index in [1.54, 1.807) is 0 Å². The highest BCUT2D eigenvalue weighted by Gasteiger charge is 2.44. The molecule has 1 heterocycles. The number of benzene rings is 1. The van der Waals surface area contributed by atoms with Crippen molar-refractivity contribution in [1.29, 1.82) is 0 Å². The minimum absolute atomic E-state index is 0.361. The molecule has 1 aromatic rings. The van der Waals surface area contributed by atoms with Gasteiger partial charge in [0.1, 0.15) is 0 Å². The molecule has 3 aliphatic rings. The van der Waals surface area contributed by atoms with Crippen molar-refractivity contribution >= 4 is 5.91 Å². The van der Waals surface area contributed by atoms with Crippen molar-refractivity contribution in [2.75, 3.05) is 26.2 Å². The molecule has 0 aromatic heterocycles. The van der Waals surface area contributed by atoms with Crippen LogP contribution in [0.25, 0.3) is 0 Å². The van der Waals surface area contributed by atoms with Crippen LogP contribution in [0.2, 0.25) is 0 Å². The van der Waals surface area contributed by atoms with Crippen molar-refractivity contribution in [3.05, 3.63) is 35.9 Å². The summed E-state index contributed by atoms with van der Waals surface area (Å²) in [6, 6.07) is 10.6. The lowest BCUT2D eigenvalue weighted by Gasteiger charge is -2.37. The van der Waals surface area contributed by atoms with E-state index in [2.05, 4.69) is 40.1 Å². The van der Waals surface area contributed by atoms with Gasteiger partial charge in [0.15, 0.2) is 0 Å². The predicted octanol–water partition coefficient (Wildman–Crippen LogP) is 2.77. The summed E-state index contributed by atoms with van der Waals surface area (Å²) in [6.07, 6.45) is 5.17. The molecule has 4 rings (SSSR count). The number of hydrogen-bond donors (Lipinski definition) is 0. The van der Waals surface area contributed by atoms with Crippen LogP contribution in [-0.4, -0.2) is 41.9 Å². The largest absolute Gasteiger partial charge is 0.340 e. The highest BCUT2D eigenvalue weighted by Crippen LogP contribution is 2.48. The second kappa shape index (κ2) is 6.04. The van der Waals surface area contributed by atoms with Crippen LogP contribution in [0.1, 0.15) is 31.2 Å². The molecule has 0 radical (unpaired) electrons. The number of carbonyl (C=O) groups excluding carboxylic acids is 1. The lowest BCUT2D eigenvalue weighted by molar-refractivity contribution is -0.139. The molecule has 2 saturated carbocycles. The van der Waals surface area contributed by atoms with Crippen molar-refractivity contribution in [2.45, 2.75) is 32.2 Å². The fourth-order valence-corrected chi connectivity index (χ4v) is 4.75. The van der Waals surface area contributed by atoms with Crippen molar-refractivity contribution in [2.24, 2.45) is 17.8 Å². The van der Waals surface area contributed by atoms with E-state index in [9.17, 15) is 4.79 Å². The first kappa shape index (κ1) is 14.3. The second-order valence-electron chi connectivity index (χ2n) is 7.37. The average Bonchev–Trinajstić information content (AvgIpc) is 3.19. The number of piperazine rings is 1. The molecule has 0 unspecified atom stereocenters. The molecule has 3 fully saturated rings. The molecule has 1 aliphatic heterocycles. The molecule has 3 nitrogen and oxygen atoms in total. The average molecular weight is 298 g/mol. The van der Waals surface area contributed by atoms with Crippen LogP contribution in [0.15, 0.2) is 30.3 Å². The summed E-state index contributed by atoms with van der Waals surface area (Å²) in [5, 5.41) is 0. The Labute approximate surface area is 133 Å². The monoisotopic (exact) mass is 298 g/mol. The van der Waals surface area contributed by atoms with Gasteiger partial charge in [-0.25, -0.2) is 0 Å². The van der Waals surface area contributed by atoms with E-state index in [1.807, 2.05) is 0 Å². The van der Waals surface area contributed by atoms with Gasteiger partial charge in [0, 0.05) is 38.6 Å². The van der Waals surface area contributed by atoms with Crippen LogP contribution in [0, 0.1) is 17.8 Å². The predicted molar refractivity (Wildman–Crippen MR) is 87.2 cm³/mol. The number of carbonyl (C=O) groups is 1. The topological polar surface area (TPSA) is 23.6 Å². The maximum absolute atomic E-state index is 12.8. The third-order valence-corrected chi connectivity index (χ3v) is 5.99. The van der Waals surface area contributed by atoms with Gasteiger partial charge < -0.3 is 4.90 Å². The second-order valence-corrected chi connectivity index (χ2v) is 7.37. The van der Waals surface area contributed by atoms with Crippen LogP contribution in [0.5, 0.6) is 0 Å². The highest BCUT2D eigenvalue weighted by molar-refractivity contribution is 5.79. The maximum atomic E-state index is 12.8. The molecule has 22 heavy (non-hydrogen) atoms. The molecule has 2 bridgehead atoms. The van der Waals surface area contributed by atoms with Gasteiger partial charge in [0.2, 0.25) is 5.91 Å². The first-order valence-electron chi connectivity index (χ1n) is 8.84. The molecule has 1 amide bonds. The zero-order chi connectivity index (χ0) is 14.9. The zero-order valence-electron chi connectivity index (χ0n) is 13.3. The molecule has 0 N–H and O–H groups in total. The Morgan fingerprint density at radius 3 is 2.41 bits per heavy atom. The van der Waals surface area contributed by atoms with Gasteiger partial charge in [0.05, 0.1) is 0 Å². The molecule has 3 atom stereocenters. The summed E-state index contributed by atoms with van der Waals surface area (Å²) in [7, 11) is 0. The van der Waals surface area contributed by atoms with Crippen molar-refractivity contribution < 1.29 is 4.79 Å². The number of hydrogen-bond acceptors (Lipinski definition) is 2. The van der Waals surface area contributed by atoms with E-state index in [-0.39, 0.29) is 0 Å². The number of rotatable bonds is 3. The summed E-state index contributed by atoms with van der Waals surface area (Å²) in [5.74, 6) is 2.39. The number of nitrogens with zero attached hydrogens (tertiary/aromatic N) is 2. The number of fused-ring (bicyclic) bond motifs is 2. The Kier molecular flexibility index (Phi) is 3.91. The molecule has 1 aromatic carbocycles. The Hall–Kier alpha value is -1.35. The molecule has 1 saturated heterocycles. The minimum atomic E-state index is 0.361. The molecule has 0 spiro atoms. The van der Waals surface area contributed by atoms with E-state index in [1.165, 1.54) is 31.2 Å². The van der Waals surface area contributed by atoms with Gasteiger partial charge in [-0.2, -0.15) is 0 Å². The van der Waals surface area contributed by atoms with Gasteiger partial charge in [-0.15, -0.1) is 0 Å². The van der Waals surface area contributed by atoms with Crippen LogP contribution in [0.4, 0.5) is 0 Å². The zero-order valence-corrected chi connectivity index (χ0v) is 13.3. The summed E-state index contributed by atoms with van der Waals surface area (Å²) >= 11 is 0. The van der Waals surface area contributed by atoms with Crippen LogP contribution in [0.3, 0.4) is 0 Å². The molecule has 118 valence electrons. The normalized spacial score (nSPS) is 31.6. The van der Waals surface area contributed by atoms with Gasteiger partial charge in [-0.3, -0.25) is 9.69 Å². The third kappa shape index (κ3) is 2.79. The first-order valence-corrected chi connectivity index (χ1v) is 8.84. The summed E-state index contributed by atoms with van der Waals surface area (Å²) in [4.78, 5) is 17.4. The van der Waals surface area contributed by atoms with E-state index in [0.29, 0.717) is 17.7 Å². The van der Waals surface area contributed by atoms with E-state index < -0.39 is 0 Å². The summed E-state index contributed by atoms with van der Waals surface area (Å²) in [5.41, 5.74) is 1.37. The minimum Gasteiger partial charge on any atom is -0.340 e. The fourth-order valence-electron chi connectivity index (χ4n) is 4.75. The molecular weight excluding hydrogens is 272 g/mol. The third-order valence-electron chi connectivity index (χ3n) is 5.99. The summed E-state index contributed by atoms with van der Waals surface area (Å²) in [6.45, 7) is 4.87. The Balaban J connectivity index is 1.29. The van der Waals surface area contributed by atoms with E-state index >= 15 is 0 Å². The van der Waals surface area contributed by atoms with Gasteiger partial charge in [-0.1, -0.05) is 36.8 Å². The van der Waals surface area contributed by atoms with Crippen molar-refractivity contribution in [3.63, 3.8) is 0 Å². The molecule has 2 aliphatic carbocycles. The van der Waals surface area contributed by atoms with Crippen LogP contribution >= 0.6 is 0 Å². The lowest BCUT2D eigenvalue weighted by atomic mass is 9.87. The first-order chi connectivity index (χ1) is 10.8. The standard InChI is InChI=1S/C19H26N2O/c22-19(18-13-16-6-7-17(18)12-16)21-10-8-20(9-11-21)14-15-4-2-1-3-5-15/h1-5,16-18H,6-14H2/t16-,17-,18+/m0/s1. The SMILES string of the molecule is O=C([C@@H]1C[C@H]2CC[C@H]1C2)N1CCN(Cc2ccccc2)CC1. The van der Waals surface area contributed by atoms with Crippen LogP contribution in [-0.2, 0) is 11.3 Å². The smallest absolute Gasteiger partial charge is 0.226 e. The Bertz CT molecular complexity index is 521. The van der Waals surface area contributed by atoms with E-state index in [4.69, 9.17) is 0 Å². The maximum Gasteiger partial charge on any atom is 0.226 e. The quantitative estimate of drug-likeness (QED) is 0.856. The van der Waals surface area contributed by atoms with E-state index in [0.717, 1.165) is 38.6 Å². The van der Waals surface area contributed by atoms with Crippen LogP contribution < -0.4 is 0 Å². The Morgan fingerprint density at radius 1 is 1.00 bits per heavy atom. The van der Waals surface area contributed by atoms with Gasteiger partial charge >= 0.3 is 0 Å². The lowest BCUT2D eigenvalue weighted by Crippen LogP contribution is -2.50. The summed E-state index contributed by atoms with van der Waals surface area (Å²) < 4.78 is 0. The van der Waals surface area contributed by atoms with Crippen molar-refractivity contribution in [1.82, 2.24) is 9.80 Å². The van der Waals surface area contributed by atoms with Gasteiger partial charge in [0.25, 0.3) is 0 Å². The van der Waals surface area contributed by atoms with Gasteiger partial charge in [-0.05, 0) is 36.7 Å². The fraction of sp³-hybridized carbons (Fsp3) is 0.632. The number of amides is 1. The Morgan fingerprint density at radius 2 is 1.77 bits per heavy atom. The highest BCUT2D eigenvalue weighted by atomic mass is 16.2.